The summed E-state index contributed by atoms with van der Waals surface area (Å²) in [4.78, 5) is 25.4. The Morgan fingerprint density at radius 1 is 1.13 bits per heavy atom. The Morgan fingerprint density at radius 3 is 2.68 bits per heavy atom. The minimum atomic E-state index is -0.421. The minimum absolute atomic E-state index is 0.138. The molecule has 1 N–H and O–H groups in total. The molecule has 1 fully saturated rings. The highest BCUT2D eigenvalue weighted by Gasteiger charge is 2.33. The summed E-state index contributed by atoms with van der Waals surface area (Å²) < 4.78 is 6.05. The summed E-state index contributed by atoms with van der Waals surface area (Å²) in [6, 6.07) is 17.8. The number of carbonyl (C=O) groups is 2. The van der Waals surface area contributed by atoms with Crippen LogP contribution in [0.5, 0.6) is 0 Å². The highest BCUT2D eigenvalue weighted by Crippen LogP contribution is 2.35. The molecule has 31 heavy (non-hydrogen) atoms. The molecular weight excluding hydrogens is 475 g/mol. The average molecular weight is 489 g/mol. The summed E-state index contributed by atoms with van der Waals surface area (Å²) in [5, 5.41) is 2.11. The lowest BCUT2D eigenvalue weighted by Crippen LogP contribution is -2.45. The Bertz CT molecular complexity index is 1210. The molecule has 9 heteroatoms. The first-order valence-electron chi connectivity index (χ1n) is 9.07. The Hall–Kier alpha value is -2.58. The number of hydrogen-bond donors (Lipinski definition) is 1. The van der Waals surface area contributed by atoms with Crippen molar-refractivity contribution in [2.45, 2.75) is 6.42 Å². The molecule has 0 atom stereocenters. The van der Waals surface area contributed by atoms with Gasteiger partial charge in [0.15, 0.2) is 4.32 Å². The van der Waals surface area contributed by atoms with Crippen LogP contribution in [0.1, 0.15) is 11.3 Å². The largest absolute Gasteiger partial charge is 0.457 e. The van der Waals surface area contributed by atoms with Crippen LogP contribution in [0.3, 0.4) is 0 Å². The number of nitrogens with zero attached hydrogens (tertiary/aromatic N) is 1. The molecule has 156 valence electrons. The molecule has 0 bridgehead atoms. The summed E-state index contributed by atoms with van der Waals surface area (Å²) in [5.41, 5.74) is 4.05. The molecule has 1 aromatic heterocycles. The Morgan fingerprint density at radius 2 is 1.90 bits per heavy atom. The van der Waals surface area contributed by atoms with Crippen LogP contribution in [0.25, 0.3) is 17.4 Å². The summed E-state index contributed by atoms with van der Waals surface area (Å²) >= 11 is 18.6. The number of nitrogens with one attached hydrogen (secondary N) is 1. The third kappa shape index (κ3) is 5.02. The van der Waals surface area contributed by atoms with Gasteiger partial charge < -0.3 is 4.42 Å². The van der Waals surface area contributed by atoms with Gasteiger partial charge in [0.25, 0.3) is 5.91 Å². The first kappa shape index (κ1) is 21.6. The lowest BCUT2D eigenvalue weighted by molar-refractivity contribution is -0.132. The van der Waals surface area contributed by atoms with Gasteiger partial charge in [0.2, 0.25) is 5.91 Å². The highest BCUT2D eigenvalue weighted by molar-refractivity contribution is 8.26. The third-order valence-corrected chi connectivity index (χ3v) is 6.20. The number of hydrogen-bond acceptors (Lipinski definition) is 5. The number of furan rings is 1. The minimum Gasteiger partial charge on any atom is -0.457 e. The van der Waals surface area contributed by atoms with Gasteiger partial charge in [0.05, 0.1) is 16.3 Å². The fraction of sp³-hybridized carbons (Fsp3) is 0.0455. The van der Waals surface area contributed by atoms with Gasteiger partial charge in [-0.3, -0.25) is 15.0 Å². The Balaban J connectivity index is 1.48. The number of halogens is 2. The molecule has 0 aliphatic carbocycles. The molecule has 2 amide bonds. The van der Waals surface area contributed by atoms with Crippen LogP contribution in [0.4, 0.5) is 0 Å². The molecule has 2 aromatic carbocycles. The van der Waals surface area contributed by atoms with Crippen molar-refractivity contribution in [3.8, 4) is 11.3 Å². The van der Waals surface area contributed by atoms with Crippen LogP contribution in [0, 0.1) is 0 Å². The molecule has 1 saturated heterocycles. The molecule has 0 spiro atoms. The van der Waals surface area contributed by atoms with Crippen LogP contribution in [0.2, 0.25) is 10.0 Å². The maximum absolute atomic E-state index is 12.7. The van der Waals surface area contributed by atoms with Crippen LogP contribution in [-0.4, -0.2) is 21.1 Å². The number of thioether (sulfide) groups is 1. The van der Waals surface area contributed by atoms with E-state index in [0.717, 1.165) is 22.3 Å². The van der Waals surface area contributed by atoms with E-state index in [1.54, 1.807) is 36.4 Å². The van der Waals surface area contributed by atoms with Crippen molar-refractivity contribution in [1.29, 1.82) is 0 Å². The van der Waals surface area contributed by atoms with Crippen molar-refractivity contribution in [1.82, 2.24) is 10.4 Å². The van der Waals surface area contributed by atoms with Gasteiger partial charge in [0.1, 0.15) is 11.5 Å². The second-order valence-electron chi connectivity index (χ2n) is 6.54. The highest BCUT2D eigenvalue weighted by atomic mass is 35.5. The summed E-state index contributed by atoms with van der Waals surface area (Å²) in [6.45, 7) is 0. The Kier molecular flexibility index (Phi) is 6.48. The summed E-state index contributed by atoms with van der Waals surface area (Å²) in [7, 11) is 0. The first-order valence-corrected chi connectivity index (χ1v) is 11.1. The van der Waals surface area contributed by atoms with E-state index in [4.69, 9.17) is 39.8 Å². The van der Waals surface area contributed by atoms with E-state index in [1.165, 1.54) is 0 Å². The predicted molar refractivity (Wildman–Crippen MR) is 127 cm³/mol. The first-order chi connectivity index (χ1) is 14.9. The van der Waals surface area contributed by atoms with Crippen molar-refractivity contribution >= 4 is 69.4 Å². The second-order valence-corrected chi connectivity index (χ2v) is 9.06. The van der Waals surface area contributed by atoms with Crippen LogP contribution >= 0.6 is 47.2 Å². The quantitative estimate of drug-likeness (QED) is 0.367. The van der Waals surface area contributed by atoms with Crippen molar-refractivity contribution in [3.63, 3.8) is 0 Å². The molecule has 5 nitrogen and oxygen atoms in total. The molecule has 3 aromatic rings. The van der Waals surface area contributed by atoms with E-state index in [9.17, 15) is 9.59 Å². The smallest absolute Gasteiger partial charge is 0.285 e. The molecule has 0 unspecified atom stereocenters. The normalized spacial score (nSPS) is 15.0. The Labute approximate surface area is 198 Å². The fourth-order valence-corrected chi connectivity index (χ4v) is 4.44. The summed E-state index contributed by atoms with van der Waals surface area (Å²) in [5.74, 6) is 0.210. The maximum atomic E-state index is 12.7. The molecule has 1 aliphatic heterocycles. The fourth-order valence-electron chi connectivity index (χ4n) is 2.90. The zero-order valence-corrected chi connectivity index (χ0v) is 18.9. The van der Waals surface area contributed by atoms with Gasteiger partial charge in [-0.1, -0.05) is 65.3 Å². The van der Waals surface area contributed by atoms with E-state index < -0.39 is 5.91 Å². The van der Waals surface area contributed by atoms with E-state index in [1.807, 2.05) is 30.3 Å². The van der Waals surface area contributed by atoms with Gasteiger partial charge in [0, 0.05) is 16.7 Å². The van der Waals surface area contributed by atoms with E-state index in [-0.39, 0.29) is 16.6 Å². The standard InChI is InChI=1S/C22H14Cl2N2O3S2/c23-14-6-8-17(24)16(11-14)18-9-7-15(29-18)12-19-21(28)26(22(30)31-19)25-20(27)10-13-4-2-1-3-5-13/h1-9,11-12H,10H2,(H,25,27)/b19-12+. The van der Waals surface area contributed by atoms with Gasteiger partial charge >= 0.3 is 0 Å². The van der Waals surface area contributed by atoms with Crippen LogP contribution in [-0.2, 0) is 16.0 Å². The lowest BCUT2D eigenvalue weighted by atomic mass is 10.1. The predicted octanol–water partition coefficient (Wildman–Crippen LogP) is 5.73. The monoisotopic (exact) mass is 488 g/mol. The topological polar surface area (TPSA) is 62.6 Å². The molecular formula is C22H14Cl2N2O3S2. The molecule has 1 aliphatic rings. The lowest BCUT2D eigenvalue weighted by Gasteiger charge is -2.15. The number of carbonyl (C=O) groups excluding carboxylic acids is 2. The number of hydrazine groups is 1. The third-order valence-electron chi connectivity index (χ3n) is 4.33. The second kappa shape index (κ2) is 9.28. The van der Waals surface area contributed by atoms with E-state index >= 15 is 0 Å². The summed E-state index contributed by atoms with van der Waals surface area (Å²) in [6.07, 6.45) is 1.71. The van der Waals surface area contributed by atoms with Crippen LogP contribution < -0.4 is 5.43 Å². The number of amides is 2. The molecule has 2 heterocycles. The van der Waals surface area contributed by atoms with Gasteiger partial charge in [-0.05, 0) is 48.1 Å². The van der Waals surface area contributed by atoms with Gasteiger partial charge in [-0.15, -0.1) is 0 Å². The van der Waals surface area contributed by atoms with Crippen molar-refractivity contribution in [2.75, 3.05) is 0 Å². The average Bonchev–Trinajstić information content (AvgIpc) is 3.31. The van der Waals surface area contributed by atoms with E-state index in [2.05, 4.69) is 5.43 Å². The van der Waals surface area contributed by atoms with Crippen LogP contribution in [0.15, 0.2) is 70.0 Å². The molecule has 0 radical (unpaired) electrons. The molecule has 4 rings (SSSR count). The van der Waals surface area contributed by atoms with Crippen molar-refractivity contribution in [3.05, 3.63) is 86.9 Å². The number of benzene rings is 2. The number of rotatable bonds is 5. The SMILES string of the molecule is O=C(Cc1ccccc1)NN1C(=O)/C(=C\c2ccc(-c3cc(Cl)ccc3Cl)o2)SC1=S. The molecule has 0 saturated carbocycles. The van der Waals surface area contributed by atoms with E-state index in [0.29, 0.717) is 32.0 Å². The number of thiocarbonyl (C=S) groups is 1. The maximum Gasteiger partial charge on any atom is 0.285 e. The van der Waals surface area contributed by atoms with Crippen molar-refractivity contribution < 1.29 is 14.0 Å². The van der Waals surface area contributed by atoms with Gasteiger partial charge in [-0.25, -0.2) is 0 Å². The van der Waals surface area contributed by atoms with Gasteiger partial charge in [-0.2, -0.15) is 5.01 Å². The van der Waals surface area contributed by atoms with Crippen molar-refractivity contribution in [2.24, 2.45) is 0 Å². The zero-order valence-electron chi connectivity index (χ0n) is 15.8. The zero-order chi connectivity index (χ0) is 22.0.